The van der Waals surface area contributed by atoms with Gasteiger partial charge in [0.15, 0.2) is 5.65 Å². The molecule has 0 saturated heterocycles. The quantitative estimate of drug-likeness (QED) is 0.868. The Kier molecular flexibility index (Phi) is 2.86. The van der Waals surface area contributed by atoms with Crippen molar-refractivity contribution in [2.75, 3.05) is 0 Å². The van der Waals surface area contributed by atoms with Gasteiger partial charge >= 0.3 is 5.69 Å². The number of halogens is 2. The Balaban J connectivity index is 3.11. The van der Waals surface area contributed by atoms with Gasteiger partial charge in [-0.2, -0.15) is 0 Å². The van der Waals surface area contributed by atoms with E-state index in [-0.39, 0.29) is 5.39 Å². The number of H-pyrrole nitrogens is 1. The van der Waals surface area contributed by atoms with Crippen LogP contribution in [0.15, 0.2) is 20.3 Å². The summed E-state index contributed by atoms with van der Waals surface area (Å²) >= 11 is 9.06. The maximum atomic E-state index is 11.6. The second-order valence-electron chi connectivity index (χ2n) is 3.12. The van der Waals surface area contributed by atoms with E-state index in [0.717, 1.165) is 0 Å². The molecule has 0 bridgehead atoms. The first-order valence-electron chi connectivity index (χ1n) is 4.53. The standard InChI is InChI=1S/C9H7BrClN3O2/c1-2-14-7-5(8(15)13-9(14)16)6(10)4(11)3-12-7/h3H,2H2,1H3,(H,13,15,16). The molecule has 0 amide bonds. The highest BCUT2D eigenvalue weighted by atomic mass is 79.9. The molecule has 7 heteroatoms. The van der Waals surface area contributed by atoms with E-state index in [4.69, 9.17) is 11.6 Å². The van der Waals surface area contributed by atoms with Crippen molar-refractivity contribution >= 4 is 38.6 Å². The molecule has 0 radical (unpaired) electrons. The number of hydrogen-bond acceptors (Lipinski definition) is 3. The highest BCUT2D eigenvalue weighted by Gasteiger charge is 2.12. The zero-order chi connectivity index (χ0) is 11.9. The first-order valence-corrected chi connectivity index (χ1v) is 5.70. The van der Waals surface area contributed by atoms with Crippen molar-refractivity contribution in [3.63, 3.8) is 0 Å². The molecule has 84 valence electrons. The van der Waals surface area contributed by atoms with Gasteiger partial charge in [0.25, 0.3) is 5.56 Å². The molecule has 0 aromatic carbocycles. The molecular formula is C9H7BrClN3O2. The lowest BCUT2D eigenvalue weighted by molar-refractivity contribution is 0.717. The molecule has 0 aliphatic heterocycles. The third kappa shape index (κ3) is 1.58. The Hall–Kier alpha value is -1.14. The fourth-order valence-electron chi connectivity index (χ4n) is 1.48. The van der Waals surface area contributed by atoms with Crippen LogP contribution < -0.4 is 11.2 Å². The highest BCUT2D eigenvalue weighted by molar-refractivity contribution is 9.10. The third-order valence-corrected chi connectivity index (χ3v) is 3.56. The number of pyridine rings is 1. The van der Waals surface area contributed by atoms with E-state index in [9.17, 15) is 9.59 Å². The van der Waals surface area contributed by atoms with Gasteiger partial charge in [-0.3, -0.25) is 14.3 Å². The van der Waals surface area contributed by atoms with Gasteiger partial charge < -0.3 is 0 Å². The van der Waals surface area contributed by atoms with Gasteiger partial charge in [-0.1, -0.05) is 11.6 Å². The molecule has 2 rings (SSSR count). The summed E-state index contributed by atoms with van der Waals surface area (Å²) in [5, 5.41) is 0.619. The first kappa shape index (κ1) is 11.3. The molecule has 0 fully saturated rings. The van der Waals surface area contributed by atoms with Crippen LogP contribution in [0.25, 0.3) is 11.0 Å². The van der Waals surface area contributed by atoms with Gasteiger partial charge in [0.05, 0.1) is 14.9 Å². The predicted molar refractivity (Wildman–Crippen MR) is 65.0 cm³/mol. The van der Waals surface area contributed by atoms with Gasteiger partial charge in [0.1, 0.15) is 0 Å². The highest BCUT2D eigenvalue weighted by Crippen LogP contribution is 2.26. The molecule has 2 heterocycles. The number of hydrogen-bond donors (Lipinski definition) is 1. The van der Waals surface area contributed by atoms with Crippen molar-refractivity contribution in [2.24, 2.45) is 0 Å². The molecule has 2 aromatic heterocycles. The number of nitrogens with one attached hydrogen (secondary N) is 1. The van der Waals surface area contributed by atoms with Crippen molar-refractivity contribution < 1.29 is 0 Å². The summed E-state index contributed by atoms with van der Waals surface area (Å²) in [7, 11) is 0. The van der Waals surface area contributed by atoms with E-state index in [1.165, 1.54) is 10.8 Å². The molecule has 0 atom stereocenters. The Bertz CT molecular complexity index is 677. The van der Waals surface area contributed by atoms with Crippen LogP contribution in [0, 0.1) is 0 Å². The van der Waals surface area contributed by atoms with Gasteiger partial charge in [0.2, 0.25) is 0 Å². The summed E-state index contributed by atoms with van der Waals surface area (Å²) in [5.41, 5.74) is -0.638. The summed E-state index contributed by atoms with van der Waals surface area (Å²) in [6.07, 6.45) is 1.40. The van der Waals surface area contributed by atoms with E-state index in [0.29, 0.717) is 21.7 Å². The van der Waals surface area contributed by atoms with Crippen LogP contribution in [0.1, 0.15) is 6.92 Å². The number of fused-ring (bicyclic) bond motifs is 1. The first-order chi connectivity index (χ1) is 7.56. The second-order valence-corrected chi connectivity index (χ2v) is 4.32. The number of aromatic amines is 1. The molecule has 0 unspecified atom stereocenters. The predicted octanol–water partition coefficient (Wildman–Crippen LogP) is 1.52. The average Bonchev–Trinajstić information content (AvgIpc) is 2.23. The number of nitrogens with zero attached hydrogens (tertiary/aromatic N) is 2. The molecule has 0 aliphatic rings. The van der Waals surface area contributed by atoms with E-state index in [1.54, 1.807) is 6.92 Å². The van der Waals surface area contributed by atoms with Crippen LogP contribution in [0.5, 0.6) is 0 Å². The Morgan fingerprint density at radius 2 is 2.25 bits per heavy atom. The lowest BCUT2D eigenvalue weighted by Crippen LogP contribution is -2.30. The Labute approximate surface area is 103 Å². The monoisotopic (exact) mass is 303 g/mol. The zero-order valence-corrected chi connectivity index (χ0v) is 10.6. The summed E-state index contributed by atoms with van der Waals surface area (Å²) in [5.74, 6) is 0. The van der Waals surface area contributed by atoms with Gasteiger partial charge in [0, 0.05) is 12.7 Å². The Morgan fingerprint density at radius 3 is 2.88 bits per heavy atom. The molecular weight excluding hydrogens is 297 g/mol. The van der Waals surface area contributed by atoms with Gasteiger partial charge in [-0.05, 0) is 22.9 Å². The van der Waals surface area contributed by atoms with Crippen molar-refractivity contribution in [2.45, 2.75) is 13.5 Å². The van der Waals surface area contributed by atoms with Crippen LogP contribution in [0.4, 0.5) is 0 Å². The summed E-state index contributed by atoms with van der Waals surface area (Å²) < 4.78 is 1.82. The summed E-state index contributed by atoms with van der Waals surface area (Å²) in [6, 6.07) is 0. The van der Waals surface area contributed by atoms with Crippen LogP contribution in [0.3, 0.4) is 0 Å². The zero-order valence-electron chi connectivity index (χ0n) is 8.25. The minimum absolute atomic E-state index is 0.286. The SMILES string of the molecule is CCn1c(=O)[nH]c(=O)c2c(Br)c(Cl)cnc21. The molecule has 0 saturated carbocycles. The lowest BCUT2D eigenvalue weighted by Gasteiger charge is -2.07. The van der Waals surface area contributed by atoms with E-state index < -0.39 is 11.2 Å². The van der Waals surface area contributed by atoms with Crippen LogP contribution >= 0.6 is 27.5 Å². The molecule has 0 aliphatic carbocycles. The van der Waals surface area contributed by atoms with Crippen molar-refractivity contribution in [1.82, 2.24) is 14.5 Å². The van der Waals surface area contributed by atoms with Crippen LogP contribution in [0.2, 0.25) is 5.02 Å². The molecule has 5 nitrogen and oxygen atoms in total. The fraction of sp³-hybridized carbons (Fsp3) is 0.222. The van der Waals surface area contributed by atoms with Crippen LogP contribution in [-0.2, 0) is 6.54 Å². The van der Waals surface area contributed by atoms with Gasteiger partial charge in [-0.25, -0.2) is 9.78 Å². The summed E-state index contributed by atoms with van der Waals surface area (Å²) in [4.78, 5) is 29.4. The fourth-order valence-corrected chi connectivity index (χ4v) is 2.08. The molecule has 16 heavy (non-hydrogen) atoms. The summed E-state index contributed by atoms with van der Waals surface area (Å²) in [6.45, 7) is 2.22. The topological polar surface area (TPSA) is 67.8 Å². The van der Waals surface area contributed by atoms with Crippen molar-refractivity contribution in [3.8, 4) is 0 Å². The smallest absolute Gasteiger partial charge is 0.278 e. The number of aryl methyl sites for hydroxylation is 1. The van der Waals surface area contributed by atoms with E-state index in [1.807, 2.05) is 0 Å². The maximum Gasteiger partial charge on any atom is 0.329 e. The Morgan fingerprint density at radius 1 is 1.56 bits per heavy atom. The molecule has 1 N–H and O–H groups in total. The normalized spacial score (nSPS) is 10.9. The number of aromatic nitrogens is 3. The minimum atomic E-state index is -0.494. The largest absolute Gasteiger partial charge is 0.329 e. The number of rotatable bonds is 1. The van der Waals surface area contributed by atoms with Crippen molar-refractivity contribution in [3.05, 3.63) is 36.5 Å². The second kappa shape index (κ2) is 4.03. The van der Waals surface area contributed by atoms with E-state index >= 15 is 0 Å². The molecule has 0 spiro atoms. The van der Waals surface area contributed by atoms with Gasteiger partial charge in [-0.15, -0.1) is 0 Å². The van der Waals surface area contributed by atoms with Crippen LogP contribution in [-0.4, -0.2) is 14.5 Å². The van der Waals surface area contributed by atoms with E-state index in [2.05, 4.69) is 25.9 Å². The van der Waals surface area contributed by atoms with Crippen molar-refractivity contribution in [1.29, 1.82) is 0 Å². The minimum Gasteiger partial charge on any atom is -0.278 e. The average molecular weight is 305 g/mol. The lowest BCUT2D eigenvalue weighted by atomic mass is 10.3. The molecule has 2 aromatic rings. The third-order valence-electron chi connectivity index (χ3n) is 2.22. The maximum absolute atomic E-state index is 11.6.